The molecule has 0 rings (SSSR count). The van der Waals surface area contributed by atoms with Crippen LogP contribution >= 0.6 is 12.2 Å². The number of nitrogens with zero attached hydrogens (tertiary/aromatic N) is 2. The van der Waals surface area contributed by atoms with Crippen LogP contribution in [0.15, 0.2) is 0 Å². The Labute approximate surface area is 96.8 Å². The predicted molar refractivity (Wildman–Crippen MR) is 57.4 cm³/mol. The predicted octanol–water partition coefficient (Wildman–Crippen LogP) is 0.635. The molecule has 92 valence electrons. The van der Waals surface area contributed by atoms with Crippen molar-refractivity contribution in [1.82, 2.24) is 0 Å². The van der Waals surface area contributed by atoms with Gasteiger partial charge in [-0.05, 0) is 0 Å². The summed E-state index contributed by atoms with van der Waals surface area (Å²) in [4.78, 5) is 19.4. The number of thiocarbonyl (C=S) groups is 1. The molecule has 0 saturated carbocycles. The molecule has 0 saturated heterocycles. The highest BCUT2D eigenvalue weighted by atomic mass is 32.1. The molecule has 16 heavy (non-hydrogen) atoms. The Kier molecular flexibility index (Phi) is 6.23. The number of hydrogen-bond acceptors (Lipinski definition) is 7. The third-order valence-electron chi connectivity index (χ3n) is 1.60. The molecule has 0 aromatic rings. The summed E-state index contributed by atoms with van der Waals surface area (Å²) in [6, 6.07) is -1.82. The molecule has 0 aliphatic rings. The fourth-order valence-corrected chi connectivity index (χ4v) is 0.677. The maximum absolute atomic E-state index is 10.2. The first-order valence-electron chi connectivity index (χ1n) is 4.41. The number of rotatable bonds is 6. The van der Waals surface area contributed by atoms with Crippen molar-refractivity contribution in [3.63, 3.8) is 0 Å². The van der Waals surface area contributed by atoms with Gasteiger partial charge >= 0.3 is 5.24 Å². The summed E-state index contributed by atoms with van der Waals surface area (Å²) >= 11 is 4.57. The zero-order valence-electron chi connectivity index (χ0n) is 8.82. The lowest BCUT2D eigenvalue weighted by molar-refractivity contribution is -0.522. The van der Waals surface area contributed by atoms with Crippen LogP contribution in [0.4, 0.5) is 0 Å². The van der Waals surface area contributed by atoms with Gasteiger partial charge in [0.2, 0.25) is 12.1 Å². The Balaban J connectivity index is 3.75. The van der Waals surface area contributed by atoms with Crippen molar-refractivity contribution in [2.45, 2.75) is 25.9 Å². The van der Waals surface area contributed by atoms with Crippen LogP contribution in [0.25, 0.3) is 0 Å². The van der Waals surface area contributed by atoms with Gasteiger partial charge in [-0.2, -0.15) is 0 Å². The zero-order chi connectivity index (χ0) is 12.7. The molecule has 2 atom stereocenters. The van der Waals surface area contributed by atoms with Crippen molar-refractivity contribution in [2.24, 2.45) is 0 Å². The van der Waals surface area contributed by atoms with E-state index in [1.165, 1.54) is 13.8 Å². The molecule has 0 aromatic heterocycles. The standard InChI is InChI=1S/C7H12N2O6S/c1-5(8(10)11)3-14-7(16)15-4-6(2)9(12)13/h5-6H,3-4H2,1-2H3. The Hall–Kier alpha value is -1.51. The highest BCUT2D eigenvalue weighted by molar-refractivity contribution is 7.79. The van der Waals surface area contributed by atoms with Crippen LogP contribution < -0.4 is 0 Å². The molecule has 0 amide bonds. The van der Waals surface area contributed by atoms with Crippen LogP contribution in [0.5, 0.6) is 0 Å². The van der Waals surface area contributed by atoms with E-state index in [2.05, 4.69) is 12.2 Å². The van der Waals surface area contributed by atoms with Gasteiger partial charge in [0.15, 0.2) is 13.2 Å². The average molecular weight is 252 g/mol. The Morgan fingerprint density at radius 1 is 1.12 bits per heavy atom. The first-order valence-corrected chi connectivity index (χ1v) is 4.82. The first kappa shape index (κ1) is 14.5. The molecule has 0 aliphatic heterocycles. The largest absolute Gasteiger partial charge is 0.450 e. The molecule has 0 heterocycles. The minimum Gasteiger partial charge on any atom is -0.450 e. The summed E-state index contributed by atoms with van der Waals surface area (Å²) < 4.78 is 9.48. The zero-order valence-corrected chi connectivity index (χ0v) is 9.64. The van der Waals surface area contributed by atoms with Crippen molar-refractivity contribution in [3.8, 4) is 0 Å². The fraction of sp³-hybridized carbons (Fsp3) is 0.857. The van der Waals surface area contributed by atoms with Crippen molar-refractivity contribution in [2.75, 3.05) is 13.2 Å². The van der Waals surface area contributed by atoms with Gasteiger partial charge in [-0.3, -0.25) is 20.2 Å². The Morgan fingerprint density at radius 3 is 1.69 bits per heavy atom. The molecule has 8 nitrogen and oxygen atoms in total. The molecule has 2 unspecified atom stereocenters. The van der Waals surface area contributed by atoms with E-state index in [4.69, 9.17) is 9.47 Å². The molecule has 0 N–H and O–H groups in total. The highest BCUT2D eigenvalue weighted by Gasteiger charge is 2.17. The first-order chi connectivity index (χ1) is 7.34. The van der Waals surface area contributed by atoms with E-state index in [9.17, 15) is 20.2 Å². The molecule has 0 radical (unpaired) electrons. The summed E-state index contributed by atoms with van der Waals surface area (Å²) in [6.45, 7) is 2.25. The van der Waals surface area contributed by atoms with Gasteiger partial charge in [0.05, 0.1) is 0 Å². The summed E-state index contributed by atoms with van der Waals surface area (Å²) in [5.41, 5.74) is 0. The van der Waals surface area contributed by atoms with Gasteiger partial charge in [0.1, 0.15) is 0 Å². The van der Waals surface area contributed by atoms with Crippen LogP contribution in [0.3, 0.4) is 0 Å². The summed E-state index contributed by atoms with van der Waals surface area (Å²) in [5, 5.41) is 20.1. The van der Waals surface area contributed by atoms with Crippen LogP contribution in [-0.2, 0) is 9.47 Å². The van der Waals surface area contributed by atoms with E-state index in [-0.39, 0.29) is 18.5 Å². The van der Waals surface area contributed by atoms with Gasteiger partial charge in [0, 0.05) is 35.9 Å². The van der Waals surface area contributed by atoms with Crippen molar-refractivity contribution in [1.29, 1.82) is 0 Å². The Bertz CT molecular complexity index is 258. The Morgan fingerprint density at radius 2 is 1.44 bits per heavy atom. The van der Waals surface area contributed by atoms with Crippen molar-refractivity contribution in [3.05, 3.63) is 20.2 Å². The number of ether oxygens (including phenoxy) is 2. The second kappa shape index (κ2) is 6.88. The molecule has 0 fully saturated rings. The minimum absolute atomic E-state index is 0.224. The maximum atomic E-state index is 10.2. The van der Waals surface area contributed by atoms with E-state index in [0.717, 1.165) is 0 Å². The van der Waals surface area contributed by atoms with Crippen LogP contribution in [0, 0.1) is 20.2 Å². The number of nitro groups is 2. The van der Waals surface area contributed by atoms with Gasteiger partial charge in [-0.1, -0.05) is 0 Å². The quantitative estimate of drug-likeness (QED) is 0.388. The molecular weight excluding hydrogens is 240 g/mol. The number of hydrogen-bond donors (Lipinski definition) is 0. The minimum atomic E-state index is -0.908. The lowest BCUT2D eigenvalue weighted by atomic mass is 10.4. The lowest BCUT2D eigenvalue weighted by Gasteiger charge is -2.10. The maximum Gasteiger partial charge on any atom is 0.352 e. The van der Waals surface area contributed by atoms with E-state index in [1.54, 1.807) is 0 Å². The molecular formula is C7H12N2O6S. The highest BCUT2D eigenvalue weighted by Crippen LogP contribution is 1.96. The van der Waals surface area contributed by atoms with E-state index in [0.29, 0.717) is 0 Å². The van der Waals surface area contributed by atoms with Crippen LogP contribution in [-0.4, -0.2) is 40.4 Å². The van der Waals surface area contributed by atoms with Crippen molar-refractivity contribution < 1.29 is 19.3 Å². The average Bonchev–Trinajstić information content (AvgIpc) is 2.21. The third-order valence-corrected chi connectivity index (χ3v) is 1.84. The van der Waals surface area contributed by atoms with Gasteiger partial charge in [-0.15, -0.1) is 0 Å². The fourth-order valence-electron chi connectivity index (χ4n) is 0.541. The summed E-state index contributed by atoms with van der Waals surface area (Å²) in [7, 11) is 0. The van der Waals surface area contributed by atoms with Crippen molar-refractivity contribution >= 4 is 17.5 Å². The molecule has 0 bridgehead atoms. The monoisotopic (exact) mass is 252 g/mol. The second-order valence-electron chi connectivity index (χ2n) is 3.14. The normalized spacial score (nSPS) is 13.6. The summed E-state index contributed by atoms with van der Waals surface area (Å²) in [5.74, 6) is 0. The van der Waals surface area contributed by atoms with Crippen LogP contribution in [0.1, 0.15) is 13.8 Å². The molecule has 0 spiro atoms. The lowest BCUT2D eigenvalue weighted by Crippen LogP contribution is -2.27. The van der Waals surface area contributed by atoms with Crippen LogP contribution in [0.2, 0.25) is 0 Å². The third kappa shape index (κ3) is 6.06. The second-order valence-corrected chi connectivity index (χ2v) is 3.47. The van der Waals surface area contributed by atoms with E-state index >= 15 is 0 Å². The van der Waals surface area contributed by atoms with Gasteiger partial charge in [0.25, 0.3) is 0 Å². The van der Waals surface area contributed by atoms with E-state index in [1.807, 2.05) is 0 Å². The topological polar surface area (TPSA) is 105 Å². The van der Waals surface area contributed by atoms with Gasteiger partial charge in [-0.25, -0.2) is 0 Å². The summed E-state index contributed by atoms with van der Waals surface area (Å²) in [6.07, 6.45) is 0. The van der Waals surface area contributed by atoms with Gasteiger partial charge < -0.3 is 9.47 Å². The molecule has 9 heteroatoms. The molecule has 0 aromatic carbocycles. The smallest absolute Gasteiger partial charge is 0.352 e. The SMILES string of the molecule is CC(COC(=S)OCC(C)[N+](=O)[O-])[N+](=O)[O-]. The van der Waals surface area contributed by atoms with E-state index < -0.39 is 21.9 Å². The molecule has 0 aliphatic carbocycles.